The van der Waals surface area contributed by atoms with Gasteiger partial charge in [-0.25, -0.2) is 13.4 Å². The van der Waals surface area contributed by atoms with Crippen LogP contribution in [0.25, 0.3) is 0 Å². The number of hydrogen-bond donors (Lipinski definition) is 4. The highest BCUT2D eigenvalue weighted by Gasteiger charge is 2.36. The van der Waals surface area contributed by atoms with Gasteiger partial charge in [0.1, 0.15) is 17.8 Å². The van der Waals surface area contributed by atoms with E-state index in [4.69, 9.17) is 11.5 Å². The summed E-state index contributed by atoms with van der Waals surface area (Å²) in [7, 11) is -3.88. The fourth-order valence-corrected chi connectivity index (χ4v) is 5.58. The Morgan fingerprint density at radius 1 is 1.16 bits per heavy atom. The third-order valence-electron chi connectivity index (χ3n) is 5.47. The molecule has 3 aromatic rings. The maximum absolute atomic E-state index is 13.2. The molecule has 0 aliphatic rings. The van der Waals surface area contributed by atoms with Crippen LogP contribution in [-0.4, -0.2) is 47.7 Å². The molecular weight excluding hydrogens is 530 g/mol. The Bertz CT molecular complexity index is 1450. The van der Waals surface area contributed by atoms with Gasteiger partial charge >= 0.3 is 0 Å². The van der Waals surface area contributed by atoms with Crippen LogP contribution in [0.3, 0.4) is 0 Å². The molecule has 3 rings (SSSR count). The topological polar surface area (TPSA) is 192 Å². The monoisotopic (exact) mass is 559 g/mol. The number of nitrogens with two attached hydrogens (primary N) is 2. The summed E-state index contributed by atoms with van der Waals surface area (Å²) in [6.45, 7) is 1.38. The molecule has 38 heavy (non-hydrogen) atoms. The molecule has 202 valence electrons. The average molecular weight is 560 g/mol. The second kappa shape index (κ2) is 12.5. The summed E-state index contributed by atoms with van der Waals surface area (Å²) >= 11 is 1.14. The molecular formula is C24H29N7O5S2. The van der Waals surface area contributed by atoms with Crippen LogP contribution in [0.4, 0.5) is 5.69 Å². The number of aromatic nitrogens is 2. The first-order valence-corrected chi connectivity index (χ1v) is 14.1. The van der Waals surface area contributed by atoms with Crippen LogP contribution in [0.2, 0.25) is 0 Å². The van der Waals surface area contributed by atoms with Gasteiger partial charge in [0.25, 0.3) is 5.56 Å². The van der Waals surface area contributed by atoms with Gasteiger partial charge in [-0.15, -0.1) is 11.3 Å². The average Bonchev–Trinajstić information content (AvgIpc) is 3.39. The normalized spacial score (nSPS) is 12.8. The zero-order valence-corrected chi connectivity index (χ0v) is 22.3. The maximum Gasteiger partial charge on any atom is 0.275 e. The van der Waals surface area contributed by atoms with Crippen molar-refractivity contribution >= 4 is 44.7 Å². The quantitative estimate of drug-likeness (QED) is 0.103. The SMILES string of the molecule is CC(CCCN=C(N)N)(NC(=O)Cn1cccc(NS(=O)(=O)Cc2ccccc2)c1=O)C(=O)c1nccs1. The van der Waals surface area contributed by atoms with Crippen molar-refractivity contribution in [2.75, 3.05) is 11.3 Å². The van der Waals surface area contributed by atoms with Crippen molar-refractivity contribution in [2.24, 2.45) is 16.5 Å². The van der Waals surface area contributed by atoms with Crippen LogP contribution < -0.4 is 27.1 Å². The van der Waals surface area contributed by atoms with E-state index in [0.717, 1.165) is 15.9 Å². The molecule has 14 heteroatoms. The molecule has 0 saturated heterocycles. The molecule has 6 N–H and O–H groups in total. The Kier molecular flexibility index (Phi) is 9.36. The second-order valence-corrected chi connectivity index (χ2v) is 11.3. The number of nitrogens with one attached hydrogen (secondary N) is 2. The maximum atomic E-state index is 13.2. The minimum absolute atomic E-state index is 0.0827. The van der Waals surface area contributed by atoms with Gasteiger partial charge in [0.05, 0.1) is 5.75 Å². The standard InChI is InChI=1S/C24H29N7O5S2/c1-24(10-6-11-28-23(25)26,20(33)21-27-12-14-37-21)29-19(32)15-31-13-5-9-18(22(31)34)30-38(35,36)16-17-7-3-2-4-8-17/h2-5,7-9,12-14,30H,6,10-11,15-16H2,1H3,(H,29,32)(H4,25,26,28). The number of Topliss-reactive ketones (excluding diaryl/α,β-unsaturated/α-hetero) is 1. The molecule has 1 amide bonds. The number of sulfonamides is 1. The summed E-state index contributed by atoms with van der Waals surface area (Å²) in [6, 6.07) is 11.3. The number of pyridine rings is 1. The number of carbonyl (C=O) groups is 2. The van der Waals surface area contributed by atoms with Crippen LogP contribution in [-0.2, 0) is 27.1 Å². The van der Waals surface area contributed by atoms with Crippen LogP contribution in [0.5, 0.6) is 0 Å². The summed E-state index contributed by atoms with van der Waals surface area (Å²) in [5.74, 6) is -1.41. The van der Waals surface area contributed by atoms with E-state index < -0.39 is 33.6 Å². The highest BCUT2D eigenvalue weighted by Crippen LogP contribution is 2.21. The van der Waals surface area contributed by atoms with Crippen molar-refractivity contribution < 1.29 is 18.0 Å². The highest BCUT2D eigenvalue weighted by atomic mass is 32.2. The molecule has 0 bridgehead atoms. The molecule has 0 spiro atoms. The van der Waals surface area contributed by atoms with Gasteiger partial charge in [-0.3, -0.25) is 24.1 Å². The number of nitrogens with zero attached hydrogens (tertiary/aromatic N) is 3. The van der Waals surface area contributed by atoms with Gasteiger partial charge in [0, 0.05) is 24.3 Å². The molecule has 1 atom stereocenters. The first-order chi connectivity index (χ1) is 18.0. The van der Waals surface area contributed by atoms with E-state index in [2.05, 4.69) is 20.0 Å². The van der Waals surface area contributed by atoms with Crippen molar-refractivity contribution in [3.8, 4) is 0 Å². The lowest BCUT2D eigenvalue weighted by atomic mass is 9.90. The number of carbonyl (C=O) groups excluding carboxylic acids is 2. The van der Waals surface area contributed by atoms with Gasteiger partial charge in [0.2, 0.25) is 21.7 Å². The van der Waals surface area contributed by atoms with E-state index >= 15 is 0 Å². The first-order valence-electron chi connectivity index (χ1n) is 11.5. The molecule has 1 unspecified atom stereocenters. The number of benzene rings is 1. The Hall–Kier alpha value is -4.04. The van der Waals surface area contributed by atoms with E-state index in [1.54, 1.807) is 42.6 Å². The number of anilines is 1. The number of aliphatic imine (C=N–C) groups is 1. The number of thiazole rings is 1. The summed E-state index contributed by atoms with van der Waals surface area (Å²) in [4.78, 5) is 47.1. The Labute approximate surface area is 223 Å². The van der Waals surface area contributed by atoms with E-state index in [9.17, 15) is 22.8 Å². The van der Waals surface area contributed by atoms with Crippen LogP contribution >= 0.6 is 11.3 Å². The minimum Gasteiger partial charge on any atom is -0.370 e. The molecule has 2 heterocycles. The van der Waals surface area contributed by atoms with Crippen molar-refractivity contribution in [2.45, 2.75) is 37.6 Å². The van der Waals surface area contributed by atoms with Crippen molar-refractivity contribution in [3.05, 3.63) is 81.2 Å². The highest BCUT2D eigenvalue weighted by molar-refractivity contribution is 7.91. The number of rotatable bonds is 13. The van der Waals surface area contributed by atoms with Crippen molar-refractivity contribution in [3.63, 3.8) is 0 Å². The van der Waals surface area contributed by atoms with Crippen LogP contribution in [0.1, 0.15) is 35.1 Å². The number of hydrogen-bond acceptors (Lipinski definition) is 8. The van der Waals surface area contributed by atoms with Crippen molar-refractivity contribution in [1.82, 2.24) is 14.9 Å². The third kappa shape index (κ3) is 7.98. The Morgan fingerprint density at radius 2 is 1.89 bits per heavy atom. The lowest BCUT2D eigenvalue weighted by Gasteiger charge is -2.28. The zero-order valence-electron chi connectivity index (χ0n) is 20.7. The first kappa shape index (κ1) is 28.5. The lowest BCUT2D eigenvalue weighted by molar-refractivity contribution is -0.123. The molecule has 1 aromatic carbocycles. The fraction of sp³-hybridized carbons (Fsp3) is 0.292. The summed E-state index contributed by atoms with van der Waals surface area (Å²) in [5, 5.41) is 4.59. The summed E-state index contributed by atoms with van der Waals surface area (Å²) in [6.07, 6.45) is 3.45. The van der Waals surface area contributed by atoms with Gasteiger partial charge in [-0.05, 0) is 37.5 Å². The molecule has 0 aliphatic carbocycles. The summed E-state index contributed by atoms with van der Waals surface area (Å²) < 4.78 is 28.5. The lowest BCUT2D eigenvalue weighted by Crippen LogP contribution is -2.53. The predicted octanol–water partition coefficient (Wildman–Crippen LogP) is 1.06. The summed E-state index contributed by atoms with van der Waals surface area (Å²) in [5.41, 5.74) is 9.02. The van der Waals surface area contributed by atoms with E-state index in [0.29, 0.717) is 12.0 Å². The van der Waals surface area contributed by atoms with Gasteiger partial charge in [0.15, 0.2) is 11.0 Å². The molecule has 0 radical (unpaired) electrons. The smallest absolute Gasteiger partial charge is 0.275 e. The molecule has 0 saturated carbocycles. The molecule has 0 fully saturated rings. The van der Waals surface area contributed by atoms with E-state index in [-0.39, 0.29) is 41.2 Å². The number of ketones is 1. The molecule has 0 aliphatic heterocycles. The largest absolute Gasteiger partial charge is 0.370 e. The number of amides is 1. The van der Waals surface area contributed by atoms with Gasteiger partial charge in [-0.2, -0.15) is 0 Å². The van der Waals surface area contributed by atoms with E-state index in [1.165, 1.54) is 24.5 Å². The Morgan fingerprint density at radius 3 is 2.55 bits per heavy atom. The minimum atomic E-state index is -3.88. The molecule has 2 aromatic heterocycles. The van der Waals surface area contributed by atoms with E-state index in [1.807, 2.05) is 0 Å². The van der Waals surface area contributed by atoms with Gasteiger partial charge < -0.3 is 21.4 Å². The zero-order chi connectivity index (χ0) is 27.8. The predicted molar refractivity (Wildman–Crippen MR) is 146 cm³/mol. The van der Waals surface area contributed by atoms with Crippen LogP contribution in [0.15, 0.2) is 70.0 Å². The molecule has 12 nitrogen and oxygen atoms in total. The fourth-order valence-electron chi connectivity index (χ4n) is 3.68. The van der Waals surface area contributed by atoms with Crippen LogP contribution in [0, 0.1) is 0 Å². The van der Waals surface area contributed by atoms with Gasteiger partial charge in [-0.1, -0.05) is 30.3 Å². The second-order valence-electron chi connectivity index (χ2n) is 8.66. The third-order valence-corrected chi connectivity index (χ3v) is 7.49. The number of guanidine groups is 1. The Balaban J connectivity index is 1.74. The van der Waals surface area contributed by atoms with Crippen molar-refractivity contribution in [1.29, 1.82) is 0 Å².